The lowest BCUT2D eigenvalue weighted by atomic mass is 9.92. The SMILES string of the molecule is CCc1c[n+](C)c(-c2cc(-c3ccccc3)c(C)cc2C)cc1C.CCc1cc(-c2cc(-c3ccccc3)c(C)cc2C)[n+](C)cc1CC.[2H]C([2H])([2H])c1cc(C)c(-c2cc(C([2H])([2H])C)c(C([2H])([2H])[2H])c[n+]2C)cc1-c1ccccc1.[2H]C([2H])([2H])c1cc(C)c(-c2cc(C)c(C([2H])([2H])C)c[n+]2C)cc1-c1ccccc1. The van der Waals surface area contributed by atoms with Crippen LogP contribution in [0.15, 0.2) is 219 Å². The molecule has 0 N–H and O–H groups in total. The van der Waals surface area contributed by atoms with Crippen LogP contribution in [0.3, 0.4) is 0 Å². The van der Waals surface area contributed by atoms with Crippen molar-refractivity contribution in [3.63, 3.8) is 0 Å². The van der Waals surface area contributed by atoms with Crippen LogP contribution in [0.4, 0.5) is 0 Å². The minimum atomic E-state index is -2.47. The molecule has 12 aromatic rings. The second-order valence-corrected chi connectivity index (χ2v) is 25.7. The Morgan fingerprint density at radius 2 is 0.515 bits per heavy atom. The number of benzene rings is 8. The van der Waals surface area contributed by atoms with Crippen LogP contribution in [0.25, 0.3) is 89.5 Å². The van der Waals surface area contributed by atoms with Gasteiger partial charge in [0.15, 0.2) is 24.8 Å². The third-order valence-corrected chi connectivity index (χ3v) is 18.8. The molecule has 4 heterocycles. The topological polar surface area (TPSA) is 15.5 Å². The van der Waals surface area contributed by atoms with Gasteiger partial charge in [-0.3, -0.25) is 0 Å². The van der Waals surface area contributed by atoms with Crippen LogP contribution < -0.4 is 18.3 Å². The van der Waals surface area contributed by atoms with E-state index in [9.17, 15) is 0 Å². The van der Waals surface area contributed by atoms with Gasteiger partial charge < -0.3 is 0 Å². The third-order valence-electron chi connectivity index (χ3n) is 18.8. The molecule has 0 atom stereocenters. The molecule has 12 rings (SSSR count). The largest absolute Gasteiger partial charge is 0.212 e. The Balaban J connectivity index is 0.000000170. The molecular weight excluding hydrogens is 1170 g/mol. The van der Waals surface area contributed by atoms with Crippen molar-refractivity contribution < 1.29 is 36.1 Å². The van der Waals surface area contributed by atoms with E-state index in [2.05, 4.69) is 188 Å². The lowest BCUT2D eigenvalue weighted by Crippen LogP contribution is -2.32. The number of hydrogen-bond donors (Lipinski definition) is 0. The van der Waals surface area contributed by atoms with E-state index in [4.69, 9.17) is 17.8 Å². The van der Waals surface area contributed by atoms with E-state index < -0.39 is 33.3 Å². The van der Waals surface area contributed by atoms with Gasteiger partial charge in [-0.25, -0.2) is 18.3 Å². The van der Waals surface area contributed by atoms with Gasteiger partial charge in [0.05, 0.1) is 0 Å². The van der Waals surface area contributed by atoms with Gasteiger partial charge in [0.1, 0.15) is 28.2 Å². The summed E-state index contributed by atoms with van der Waals surface area (Å²) in [4.78, 5) is 0. The highest BCUT2D eigenvalue weighted by atomic mass is 14.9. The van der Waals surface area contributed by atoms with E-state index in [1.807, 2.05) is 104 Å². The first kappa shape index (κ1) is 55.5. The smallest absolute Gasteiger partial charge is 0.201 e. The Bertz CT molecular complexity index is 5280. The molecule has 4 heteroatoms. The van der Waals surface area contributed by atoms with Crippen molar-refractivity contribution in [3.8, 4) is 89.5 Å². The van der Waals surface area contributed by atoms with E-state index >= 15 is 0 Å². The Morgan fingerprint density at radius 1 is 0.247 bits per heavy atom. The van der Waals surface area contributed by atoms with Gasteiger partial charge in [-0.15, -0.1) is 0 Å². The summed E-state index contributed by atoms with van der Waals surface area (Å²) < 4.78 is 112. The molecule has 0 aliphatic carbocycles. The van der Waals surface area contributed by atoms with Gasteiger partial charge >= 0.3 is 0 Å². The molecule has 494 valence electrons. The minimum Gasteiger partial charge on any atom is -0.201 e. The van der Waals surface area contributed by atoms with Crippen LogP contribution >= 0.6 is 0 Å². The zero-order chi connectivity index (χ0) is 80.9. The predicted octanol–water partition coefficient (Wildman–Crippen LogP) is 21.6. The van der Waals surface area contributed by atoms with Gasteiger partial charge in [0.2, 0.25) is 22.8 Å². The number of aryl methyl sites for hydroxylation is 20. The maximum atomic E-state index is 8.20. The number of aromatic nitrogens is 4. The van der Waals surface area contributed by atoms with Crippen molar-refractivity contribution in [2.24, 2.45) is 28.2 Å². The van der Waals surface area contributed by atoms with Crippen molar-refractivity contribution >= 4 is 0 Å². The number of pyridine rings is 4. The highest BCUT2D eigenvalue weighted by Crippen LogP contribution is 2.36. The number of rotatable bonds is 13. The van der Waals surface area contributed by atoms with Crippen molar-refractivity contribution in [1.82, 2.24) is 0 Å². The van der Waals surface area contributed by atoms with Crippen LogP contribution in [0, 0.1) is 75.9 Å². The summed E-state index contributed by atoms with van der Waals surface area (Å²) >= 11 is 0. The van der Waals surface area contributed by atoms with Crippen molar-refractivity contribution in [2.75, 3.05) is 0 Å². The quantitative estimate of drug-likeness (QED) is 0.102. The summed E-state index contributed by atoms with van der Waals surface area (Å²) in [5.74, 6) is 0. The molecule has 97 heavy (non-hydrogen) atoms. The fourth-order valence-corrected chi connectivity index (χ4v) is 13.3. The maximum absolute atomic E-state index is 8.20. The molecule has 0 unspecified atom stereocenters. The van der Waals surface area contributed by atoms with Gasteiger partial charge in [0.25, 0.3) is 0 Å². The van der Waals surface area contributed by atoms with Crippen LogP contribution in [-0.2, 0) is 60.2 Å². The summed E-state index contributed by atoms with van der Waals surface area (Å²) in [5, 5.41) is 0. The van der Waals surface area contributed by atoms with E-state index in [0.29, 0.717) is 39.1 Å². The molecule has 8 aromatic carbocycles. The van der Waals surface area contributed by atoms with E-state index in [-0.39, 0.29) is 16.7 Å². The van der Waals surface area contributed by atoms with E-state index in [1.165, 1.54) is 102 Å². The molecule has 0 spiro atoms. The lowest BCUT2D eigenvalue weighted by Gasteiger charge is -2.13. The summed E-state index contributed by atoms with van der Waals surface area (Å²) in [6.07, 6.45) is 7.76. The zero-order valence-corrected chi connectivity index (χ0v) is 60.2. The Hall–Kier alpha value is -9.64. The summed E-state index contributed by atoms with van der Waals surface area (Å²) in [6, 6.07) is 64.8. The normalized spacial score (nSPS) is 13.6. The van der Waals surface area contributed by atoms with Crippen molar-refractivity contribution in [2.45, 2.75) is 143 Å². The minimum absolute atomic E-state index is 0.0451. The first-order valence-corrected chi connectivity index (χ1v) is 33.9. The van der Waals surface area contributed by atoms with Gasteiger partial charge in [-0.05, 0) is 243 Å². The zero-order valence-electron chi connectivity index (χ0n) is 73.2. The van der Waals surface area contributed by atoms with E-state index in [0.717, 1.165) is 52.8 Å². The van der Waals surface area contributed by atoms with E-state index in [1.54, 1.807) is 49.7 Å². The fraction of sp³-hybridized carbons (Fsp3) is 0.269. The molecule has 0 fully saturated rings. The molecule has 0 amide bonds. The highest BCUT2D eigenvalue weighted by Gasteiger charge is 2.23. The second kappa shape index (κ2) is 32.4. The molecule has 0 radical (unpaired) electrons. The average molecular weight is 1290 g/mol. The molecule has 0 aliphatic rings. The van der Waals surface area contributed by atoms with Crippen LogP contribution in [0.2, 0.25) is 0 Å². The third kappa shape index (κ3) is 16.6. The van der Waals surface area contributed by atoms with Crippen LogP contribution in [0.1, 0.15) is 141 Å². The summed E-state index contributed by atoms with van der Waals surface area (Å²) in [7, 11) is 7.91. The van der Waals surface area contributed by atoms with Gasteiger partial charge in [0, 0.05) is 86.6 Å². The number of nitrogens with zero attached hydrogens (tertiary/aromatic N) is 4. The van der Waals surface area contributed by atoms with Crippen LogP contribution in [0.5, 0.6) is 0 Å². The maximum Gasteiger partial charge on any atom is 0.212 e. The van der Waals surface area contributed by atoms with Gasteiger partial charge in [-0.2, -0.15) is 0 Å². The molecule has 0 aliphatic heterocycles. The van der Waals surface area contributed by atoms with Crippen molar-refractivity contribution in [3.05, 3.63) is 308 Å². The average Bonchev–Trinajstić information content (AvgIpc) is 0.745. The molecule has 0 saturated carbocycles. The fourth-order valence-electron chi connectivity index (χ4n) is 13.3. The highest BCUT2D eigenvalue weighted by molar-refractivity contribution is 5.79. The van der Waals surface area contributed by atoms with Crippen molar-refractivity contribution in [1.29, 1.82) is 0 Å². The Labute approximate surface area is 601 Å². The summed E-state index contributed by atoms with van der Waals surface area (Å²) in [6.45, 7) is 19.3. The number of hydrogen-bond acceptors (Lipinski definition) is 0. The molecule has 0 bridgehead atoms. The second-order valence-electron chi connectivity index (χ2n) is 25.7. The molecular formula is C93H106N4+4. The standard InChI is InChI=1S/C24H28N.3C23H26N/c1-6-19-14-24(25(5)16-20(19)7-2)23-15-22(17(3)13-18(23)4)21-11-9-8-10-12-21;2*1-6-19-15-24(5)23(13-16(19)2)22-14-21(17(3)12-18(22)4)20-10-8-7-9-11-20;1-6-19-13-23(24(5)15-18(19)4)22-14-21(16(2)12-17(22)3)20-10-8-7-9-11-20/h8-16H,6-7H2,1-5H3;3*7-15H,6H2,1-5H3/q4*+1/i;3D3,6D2;;2D3,4D3,6D2. The first-order chi connectivity index (χ1) is 51.5. The molecule has 0 saturated heterocycles. The van der Waals surface area contributed by atoms with Crippen LogP contribution in [-0.4, -0.2) is 0 Å². The molecule has 4 aromatic heterocycles. The lowest BCUT2D eigenvalue weighted by molar-refractivity contribution is -0.661. The monoisotopic (exact) mass is 1290 g/mol. The Kier molecular flexibility index (Phi) is 18.5. The molecule has 4 nitrogen and oxygen atoms in total. The predicted molar refractivity (Wildman–Crippen MR) is 413 cm³/mol. The van der Waals surface area contributed by atoms with Gasteiger partial charge in [-0.1, -0.05) is 180 Å². The summed E-state index contributed by atoms with van der Waals surface area (Å²) in [5.41, 5.74) is 31.1. The first-order valence-electron chi connectivity index (χ1n) is 40.4. The Morgan fingerprint density at radius 3 is 0.845 bits per heavy atom.